The normalized spacial score (nSPS) is 11.4. The molecule has 0 radical (unpaired) electrons. The highest BCUT2D eigenvalue weighted by molar-refractivity contribution is 7.99. The average Bonchev–Trinajstić information content (AvgIpc) is 2.66. The number of carbonyl (C=O) groups excluding carboxylic acids is 1. The molecule has 0 aliphatic heterocycles. The van der Waals surface area contributed by atoms with Gasteiger partial charge in [-0.15, -0.1) is 23.1 Å². The zero-order valence-corrected chi connectivity index (χ0v) is 11.2. The van der Waals surface area contributed by atoms with Gasteiger partial charge in [0, 0.05) is 17.2 Å². The summed E-state index contributed by atoms with van der Waals surface area (Å²) in [5, 5.41) is 14.2. The number of nitrogens with one attached hydrogen (secondary N) is 1. The second kappa shape index (κ2) is 6.27. The van der Waals surface area contributed by atoms with Crippen molar-refractivity contribution in [2.75, 3.05) is 12.3 Å². The van der Waals surface area contributed by atoms with Crippen LogP contribution < -0.4 is 5.32 Å². The third-order valence-corrected chi connectivity index (χ3v) is 3.82. The Kier molecular flexibility index (Phi) is 5.31. The molecule has 0 spiro atoms. The second-order valence-electron chi connectivity index (χ2n) is 4.16. The molecule has 0 atom stereocenters. The van der Waals surface area contributed by atoms with E-state index in [1.54, 1.807) is 36.9 Å². The lowest BCUT2D eigenvalue weighted by molar-refractivity contribution is -0.119. The van der Waals surface area contributed by atoms with Gasteiger partial charge in [-0.25, -0.2) is 0 Å². The lowest BCUT2D eigenvalue weighted by Gasteiger charge is -2.17. The van der Waals surface area contributed by atoms with Crippen molar-refractivity contribution in [3.05, 3.63) is 22.4 Å². The highest BCUT2D eigenvalue weighted by atomic mass is 32.2. The van der Waals surface area contributed by atoms with Gasteiger partial charge in [0.2, 0.25) is 5.91 Å². The van der Waals surface area contributed by atoms with Crippen molar-refractivity contribution in [2.24, 2.45) is 0 Å². The van der Waals surface area contributed by atoms with Crippen molar-refractivity contribution in [3.63, 3.8) is 0 Å². The van der Waals surface area contributed by atoms with Crippen LogP contribution in [0.2, 0.25) is 0 Å². The first-order chi connectivity index (χ1) is 7.47. The van der Waals surface area contributed by atoms with Crippen LogP contribution >= 0.6 is 23.1 Å². The molecule has 5 heteroatoms. The Morgan fingerprint density at radius 1 is 1.62 bits per heavy atom. The summed E-state index contributed by atoms with van der Waals surface area (Å²) in [6.45, 7) is 3.64. The molecule has 0 saturated carbocycles. The SMILES string of the molecule is CC(C)(O)CNC(=O)CSCc1cccs1. The maximum atomic E-state index is 11.4. The molecule has 0 bridgehead atoms. The number of rotatable bonds is 6. The molecule has 0 aliphatic rings. The fourth-order valence-electron chi connectivity index (χ4n) is 1.00. The maximum Gasteiger partial charge on any atom is 0.230 e. The van der Waals surface area contributed by atoms with Crippen LogP contribution in [-0.2, 0) is 10.5 Å². The Balaban J connectivity index is 2.11. The van der Waals surface area contributed by atoms with E-state index in [1.807, 2.05) is 11.4 Å². The van der Waals surface area contributed by atoms with Gasteiger partial charge < -0.3 is 10.4 Å². The fourth-order valence-corrected chi connectivity index (χ4v) is 2.70. The molecule has 1 amide bonds. The molecule has 1 rings (SSSR count). The molecule has 1 aromatic rings. The van der Waals surface area contributed by atoms with Crippen LogP contribution in [-0.4, -0.2) is 28.9 Å². The third kappa shape index (κ3) is 6.15. The Hall–Kier alpha value is -0.520. The third-order valence-electron chi connectivity index (χ3n) is 1.78. The number of thiophene rings is 1. The van der Waals surface area contributed by atoms with Gasteiger partial charge in [0.1, 0.15) is 0 Å². The lowest BCUT2D eigenvalue weighted by Crippen LogP contribution is -2.38. The number of thioether (sulfide) groups is 1. The Morgan fingerprint density at radius 2 is 2.38 bits per heavy atom. The summed E-state index contributed by atoms with van der Waals surface area (Å²) in [5.74, 6) is 1.28. The van der Waals surface area contributed by atoms with E-state index in [1.165, 1.54) is 4.88 Å². The molecule has 90 valence electrons. The predicted molar refractivity (Wildman–Crippen MR) is 69.8 cm³/mol. The second-order valence-corrected chi connectivity index (χ2v) is 6.18. The minimum absolute atomic E-state index is 0.0244. The zero-order chi connectivity index (χ0) is 12.0. The zero-order valence-electron chi connectivity index (χ0n) is 9.53. The number of amides is 1. The van der Waals surface area contributed by atoms with Gasteiger partial charge in [0.25, 0.3) is 0 Å². The topological polar surface area (TPSA) is 49.3 Å². The van der Waals surface area contributed by atoms with Crippen molar-refractivity contribution >= 4 is 29.0 Å². The number of carbonyl (C=O) groups is 1. The molecule has 3 nitrogen and oxygen atoms in total. The van der Waals surface area contributed by atoms with E-state index in [9.17, 15) is 9.90 Å². The van der Waals surface area contributed by atoms with Gasteiger partial charge in [-0.3, -0.25) is 4.79 Å². The molecular formula is C11H17NO2S2. The highest BCUT2D eigenvalue weighted by Crippen LogP contribution is 2.16. The lowest BCUT2D eigenvalue weighted by atomic mass is 10.1. The first-order valence-electron chi connectivity index (χ1n) is 5.06. The fraction of sp³-hybridized carbons (Fsp3) is 0.545. The van der Waals surface area contributed by atoms with Crippen molar-refractivity contribution < 1.29 is 9.90 Å². The van der Waals surface area contributed by atoms with Crippen LogP contribution in [0.4, 0.5) is 0 Å². The smallest absolute Gasteiger partial charge is 0.230 e. The van der Waals surface area contributed by atoms with E-state index in [0.717, 1.165) is 5.75 Å². The monoisotopic (exact) mass is 259 g/mol. The van der Waals surface area contributed by atoms with Crippen LogP contribution in [0.25, 0.3) is 0 Å². The van der Waals surface area contributed by atoms with E-state index < -0.39 is 5.60 Å². The molecule has 1 heterocycles. The maximum absolute atomic E-state index is 11.4. The largest absolute Gasteiger partial charge is 0.389 e. The summed E-state index contributed by atoms with van der Waals surface area (Å²) in [5.41, 5.74) is -0.839. The van der Waals surface area contributed by atoms with Gasteiger partial charge in [-0.05, 0) is 25.3 Å². The van der Waals surface area contributed by atoms with E-state index in [0.29, 0.717) is 12.3 Å². The molecule has 0 aromatic carbocycles. The Labute approximate surface area is 104 Å². The average molecular weight is 259 g/mol. The van der Waals surface area contributed by atoms with E-state index in [-0.39, 0.29) is 5.91 Å². The highest BCUT2D eigenvalue weighted by Gasteiger charge is 2.13. The molecule has 0 saturated heterocycles. The van der Waals surface area contributed by atoms with E-state index in [4.69, 9.17) is 0 Å². The van der Waals surface area contributed by atoms with Crippen molar-refractivity contribution in [1.29, 1.82) is 0 Å². The first-order valence-corrected chi connectivity index (χ1v) is 7.10. The van der Waals surface area contributed by atoms with E-state index in [2.05, 4.69) is 11.4 Å². The van der Waals surface area contributed by atoms with Gasteiger partial charge >= 0.3 is 0 Å². The molecule has 2 N–H and O–H groups in total. The minimum atomic E-state index is -0.839. The quantitative estimate of drug-likeness (QED) is 0.820. The molecule has 16 heavy (non-hydrogen) atoms. The van der Waals surface area contributed by atoms with Gasteiger partial charge in [0.05, 0.1) is 11.4 Å². The molecule has 0 aliphatic carbocycles. The summed E-state index contributed by atoms with van der Waals surface area (Å²) in [6, 6.07) is 4.07. The Bertz CT molecular complexity index is 317. The summed E-state index contributed by atoms with van der Waals surface area (Å²) >= 11 is 3.29. The predicted octanol–water partition coefficient (Wildman–Crippen LogP) is 1.87. The van der Waals surface area contributed by atoms with Gasteiger partial charge in [-0.1, -0.05) is 6.07 Å². The van der Waals surface area contributed by atoms with Crippen LogP contribution in [0.5, 0.6) is 0 Å². The standard InChI is InChI=1S/C11H17NO2S2/c1-11(2,14)8-12-10(13)7-15-6-9-4-3-5-16-9/h3-5,14H,6-8H2,1-2H3,(H,12,13). The van der Waals surface area contributed by atoms with Crippen LogP contribution in [0, 0.1) is 0 Å². The first kappa shape index (κ1) is 13.5. The van der Waals surface area contributed by atoms with Crippen molar-refractivity contribution in [2.45, 2.75) is 25.2 Å². The summed E-state index contributed by atoms with van der Waals surface area (Å²) in [4.78, 5) is 12.7. The van der Waals surface area contributed by atoms with Crippen molar-refractivity contribution in [3.8, 4) is 0 Å². The van der Waals surface area contributed by atoms with Crippen molar-refractivity contribution in [1.82, 2.24) is 5.32 Å². The number of aliphatic hydroxyl groups is 1. The van der Waals surface area contributed by atoms with Gasteiger partial charge in [0.15, 0.2) is 0 Å². The van der Waals surface area contributed by atoms with Crippen LogP contribution in [0.3, 0.4) is 0 Å². The molecule has 0 fully saturated rings. The number of hydrogen-bond donors (Lipinski definition) is 2. The summed E-state index contributed by atoms with van der Waals surface area (Å²) in [6.07, 6.45) is 0. The summed E-state index contributed by atoms with van der Waals surface area (Å²) < 4.78 is 0. The van der Waals surface area contributed by atoms with Crippen LogP contribution in [0.15, 0.2) is 17.5 Å². The molecule has 1 aromatic heterocycles. The van der Waals surface area contributed by atoms with Gasteiger partial charge in [-0.2, -0.15) is 0 Å². The molecule has 0 unspecified atom stereocenters. The molecular weight excluding hydrogens is 242 g/mol. The Morgan fingerprint density at radius 3 is 2.94 bits per heavy atom. The summed E-state index contributed by atoms with van der Waals surface area (Å²) in [7, 11) is 0. The van der Waals surface area contributed by atoms with E-state index >= 15 is 0 Å². The van der Waals surface area contributed by atoms with Crippen LogP contribution in [0.1, 0.15) is 18.7 Å². The number of hydrogen-bond acceptors (Lipinski definition) is 4. The minimum Gasteiger partial charge on any atom is -0.389 e.